The number of benzene rings is 2. The van der Waals surface area contributed by atoms with Crippen molar-refractivity contribution in [2.75, 3.05) is 26.5 Å². The van der Waals surface area contributed by atoms with Gasteiger partial charge in [-0.15, -0.1) is 0 Å². The van der Waals surface area contributed by atoms with Gasteiger partial charge in [-0.1, -0.05) is 12.1 Å². The molecule has 1 aliphatic rings. The number of hydrogen-bond acceptors (Lipinski definition) is 6. The molecule has 3 rings (SSSR count). The summed E-state index contributed by atoms with van der Waals surface area (Å²) in [7, 11) is 5.27. The van der Waals surface area contributed by atoms with Gasteiger partial charge in [0.05, 0.1) is 10.6 Å². The summed E-state index contributed by atoms with van der Waals surface area (Å²) in [5, 5.41) is 23.4. The lowest BCUT2D eigenvalue weighted by molar-refractivity contribution is -0.384. The average Bonchev–Trinajstić information content (AvgIpc) is 2.67. The number of likely N-dealkylation sites (N-methyl/N-ethyl adjacent to an activating group) is 2. The molecule has 136 valence electrons. The average molecular weight is 357 g/mol. The van der Waals surface area contributed by atoms with Gasteiger partial charge in [-0.05, 0) is 43.4 Å². The van der Waals surface area contributed by atoms with E-state index in [0.717, 1.165) is 5.70 Å². The Morgan fingerprint density at radius 1 is 1.12 bits per heavy atom. The number of non-ortho nitro benzene ring substituents is 1. The maximum Gasteiger partial charge on any atom is 0.270 e. The molecule has 0 amide bonds. The lowest BCUT2D eigenvalue weighted by atomic mass is 9.96. The minimum Gasteiger partial charge on any atom is -0.388 e. The zero-order valence-electron chi connectivity index (χ0n) is 14.7. The normalized spacial score (nSPS) is 14.8. The Kier molecular flexibility index (Phi) is 4.62. The smallest absolute Gasteiger partial charge is 0.270 e. The number of nitro benzene ring substituents is 1. The minimum absolute atomic E-state index is 0.0347. The summed E-state index contributed by atoms with van der Waals surface area (Å²) in [6.45, 7) is 0. The van der Waals surface area contributed by atoms with E-state index in [-0.39, 0.29) is 5.69 Å². The van der Waals surface area contributed by atoms with Crippen molar-refractivity contribution in [1.82, 2.24) is 16.0 Å². The van der Waals surface area contributed by atoms with Gasteiger partial charge in [0.15, 0.2) is 5.79 Å². The van der Waals surface area contributed by atoms with Crippen LogP contribution in [0.15, 0.2) is 42.5 Å². The summed E-state index contributed by atoms with van der Waals surface area (Å²) in [5.74, 6) is -1.24. The quantitative estimate of drug-likeness (QED) is 0.373. The molecule has 0 bridgehead atoms. The molecule has 0 radical (unpaired) electrons. The van der Waals surface area contributed by atoms with Crippen LogP contribution in [0, 0.1) is 15.9 Å². The predicted molar refractivity (Wildman–Crippen MR) is 100 cm³/mol. The Hall–Kier alpha value is -2.97. The Morgan fingerprint density at radius 3 is 2.46 bits per heavy atom. The lowest BCUT2D eigenvalue weighted by Crippen LogP contribution is -2.60. The van der Waals surface area contributed by atoms with Crippen molar-refractivity contribution in [3.63, 3.8) is 0 Å². The van der Waals surface area contributed by atoms with Crippen LogP contribution in [0.2, 0.25) is 0 Å². The second kappa shape index (κ2) is 6.74. The van der Waals surface area contributed by atoms with Crippen LogP contribution in [0.25, 0.3) is 16.8 Å². The molecule has 0 unspecified atom stereocenters. The second-order valence-electron chi connectivity index (χ2n) is 5.93. The van der Waals surface area contributed by atoms with Crippen molar-refractivity contribution in [3.05, 3.63) is 64.0 Å². The number of nitro groups is 1. The van der Waals surface area contributed by atoms with E-state index in [2.05, 4.69) is 21.3 Å². The van der Waals surface area contributed by atoms with Gasteiger partial charge in [-0.25, -0.2) is 4.39 Å². The van der Waals surface area contributed by atoms with Gasteiger partial charge >= 0.3 is 0 Å². The number of nitrogens with one attached hydrogen (secondary N) is 4. The maximum atomic E-state index is 14.9. The summed E-state index contributed by atoms with van der Waals surface area (Å²) < 4.78 is 14.9. The zero-order valence-corrected chi connectivity index (χ0v) is 14.7. The predicted octanol–water partition coefficient (Wildman–Crippen LogP) is 2.48. The standard InChI is InChI=1S/C18H20FN5O2/c1-20-16-10-18(21-2,22-3)23-17-14(16)8-12(9-15(17)19)11-5-4-6-13(7-11)24(25)26/h4-10,20-23H,1-3H3. The third-order valence-electron chi connectivity index (χ3n) is 4.51. The highest BCUT2D eigenvalue weighted by Crippen LogP contribution is 2.37. The van der Waals surface area contributed by atoms with E-state index in [4.69, 9.17) is 0 Å². The summed E-state index contributed by atoms with van der Waals surface area (Å²) in [6.07, 6.45) is 1.88. The number of nitrogens with zero attached hydrogens (tertiary/aromatic N) is 1. The third kappa shape index (κ3) is 3.00. The van der Waals surface area contributed by atoms with Crippen LogP contribution in [0.4, 0.5) is 15.8 Å². The summed E-state index contributed by atoms with van der Waals surface area (Å²) in [5.41, 5.74) is 2.83. The van der Waals surface area contributed by atoms with Gasteiger partial charge in [-0.2, -0.15) is 0 Å². The van der Waals surface area contributed by atoms with Gasteiger partial charge < -0.3 is 10.6 Å². The van der Waals surface area contributed by atoms with Gasteiger partial charge in [0.2, 0.25) is 0 Å². The Balaban J connectivity index is 2.15. The molecule has 0 spiro atoms. The van der Waals surface area contributed by atoms with Gasteiger partial charge in [0, 0.05) is 30.4 Å². The van der Waals surface area contributed by atoms with E-state index in [1.165, 1.54) is 18.2 Å². The fourth-order valence-corrected chi connectivity index (χ4v) is 3.04. The van der Waals surface area contributed by atoms with Crippen molar-refractivity contribution in [2.45, 2.75) is 5.79 Å². The first-order chi connectivity index (χ1) is 12.4. The molecule has 0 saturated carbocycles. The number of rotatable bonds is 5. The topological polar surface area (TPSA) is 91.3 Å². The van der Waals surface area contributed by atoms with Crippen LogP contribution in [0.1, 0.15) is 5.56 Å². The van der Waals surface area contributed by atoms with Crippen LogP contribution in [-0.4, -0.2) is 31.9 Å². The molecule has 2 aromatic rings. The fourth-order valence-electron chi connectivity index (χ4n) is 3.04. The first-order valence-electron chi connectivity index (χ1n) is 8.08. The zero-order chi connectivity index (χ0) is 18.9. The molecular formula is C18H20FN5O2. The Labute approximate surface area is 150 Å². The van der Waals surface area contributed by atoms with Crippen molar-refractivity contribution < 1.29 is 9.31 Å². The Bertz CT molecular complexity index is 893. The maximum absolute atomic E-state index is 14.9. The van der Waals surface area contributed by atoms with Crippen molar-refractivity contribution >= 4 is 17.1 Å². The third-order valence-corrected chi connectivity index (χ3v) is 4.51. The summed E-state index contributed by atoms with van der Waals surface area (Å²) in [4.78, 5) is 10.5. The van der Waals surface area contributed by atoms with E-state index >= 15 is 0 Å². The largest absolute Gasteiger partial charge is 0.388 e. The first kappa shape index (κ1) is 17.8. The summed E-state index contributed by atoms with van der Waals surface area (Å²) >= 11 is 0. The van der Waals surface area contributed by atoms with E-state index in [1.54, 1.807) is 33.3 Å². The monoisotopic (exact) mass is 357 g/mol. The van der Waals surface area contributed by atoms with Crippen LogP contribution in [0.5, 0.6) is 0 Å². The molecule has 26 heavy (non-hydrogen) atoms. The molecule has 0 aromatic heterocycles. The first-order valence-corrected chi connectivity index (χ1v) is 8.08. The molecule has 0 aliphatic carbocycles. The summed E-state index contributed by atoms with van der Waals surface area (Å²) in [6, 6.07) is 9.34. The molecule has 4 N–H and O–H groups in total. The Morgan fingerprint density at radius 2 is 1.85 bits per heavy atom. The number of fused-ring (bicyclic) bond motifs is 1. The number of hydrogen-bond donors (Lipinski definition) is 4. The molecular weight excluding hydrogens is 337 g/mol. The lowest BCUT2D eigenvalue weighted by Gasteiger charge is -2.37. The molecule has 0 fully saturated rings. The van der Waals surface area contributed by atoms with E-state index in [0.29, 0.717) is 22.4 Å². The highest BCUT2D eigenvalue weighted by Gasteiger charge is 2.32. The van der Waals surface area contributed by atoms with Crippen LogP contribution < -0.4 is 21.3 Å². The highest BCUT2D eigenvalue weighted by molar-refractivity contribution is 5.84. The van der Waals surface area contributed by atoms with Crippen LogP contribution in [0.3, 0.4) is 0 Å². The van der Waals surface area contributed by atoms with Crippen LogP contribution >= 0.6 is 0 Å². The van der Waals surface area contributed by atoms with Gasteiger partial charge in [-0.3, -0.25) is 20.7 Å². The van der Waals surface area contributed by atoms with Crippen molar-refractivity contribution in [3.8, 4) is 11.1 Å². The number of halogens is 1. The molecule has 1 heterocycles. The van der Waals surface area contributed by atoms with E-state index < -0.39 is 16.5 Å². The molecule has 0 saturated heterocycles. The fraction of sp³-hybridized carbons (Fsp3) is 0.222. The van der Waals surface area contributed by atoms with Crippen molar-refractivity contribution in [1.29, 1.82) is 0 Å². The van der Waals surface area contributed by atoms with E-state index in [9.17, 15) is 14.5 Å². The molecule has 2 aromatic carbocycles. The molecule has 8 heteroatoms. The van der Waals surface area contributed by atoms with Gasteiger partial charge in [0.1, 0.15) is 5.82 Å². The number of anilines is 1. The van der Waals surface area contributed by atoms with Crippen molar-refractivity contribution in [2.24, 2.45) is 0 Å². The van der Waals surface area contributed by atoms with Crippen LogP contribution in [-0.2, 0) is 0 Å². The minimum atomic E-state index is -0.792. The highest BCUT2D eigenvalue weighted by atomic mass is 19.1. The second-order valence-corrected chi connectivity index (χ2v) is 5.93. The molecule has 0 atom stereocenters. The van der Waals surface area contributed by atoms with Gasteiger partial charge in [0.25, 0.3) is 5.69 Å². The SMILES string of the molecule is CNC1=CC(NC)(NC)Nc2c(F)cc(-c3cccc([N+](=O)[O-])c3)cc21. The molecule has 1 aliphatic heterocycles. The van der Waals surface area contributed by atoms with E-state index in [1.807, 2.05) is 12.1 Å². The molecule has 7 nitrogen and oxygen atoms in total.